The van der Waals surface area contributed by atoms with Gasteiger partial charge < -0.3 is 20.0 Å². The first kappa shape index (κ1) is 15.3. The molecule has 1 heterocycles. The van der Waals surface area contributed by atoms with Crippen LogP contribution in [-0.2, 0) is 4.84 Å². The highest BCUT2D eigenvalue weighted by Crippen LogP contribution is 2.27. The fourth-order valence-electron chi connectivity index (χ4n) is 1.72. The molecule has 2 rings (SSSR count). The van der Waals surface area contributed by atoms with Gasteiger partial charge in [0.05, 0.1) is 19.8 Å². The molecule has 0 aliphatic heterocycles. The van der Waals surface area contributed by atoms with Crippen molar-refractivity contribution in [3.05, 3.63) is 53.9 Å². The molecule has 0 fully saturated rings. The van der Waals surface area contributed by atoms with Gasteiger partial charge in [0.25, 0.3) is 0 Å². The lowest BCUT2D eigenvalue weighted by atomic mass is 10.2. The van der Waals surface area contributed by atoms with Gasteiger partial charge in [0.2, 0.25) is 0 Å². The number of aromatic nitrogens is 1. The van der Waals surface area contributed by atoms with Crippen molar-refractivity contribution >= 4 is 11.8 Å². The predicted octanol–water partition coefficient (Wildman–Crippen LogP) is 0.995. The van der Waals surface area contributed by atoms with Crippen LogP contribution < -0.4 is 20.2 Å². The van der Waals surface area contributed by atoms with E-state index < -0.39 is 5.97 Å². The summed E-state index contributed by atoms with van der Waals surface area (Å²) in [5, 5.41) is 3.63. The Kier molecular flexibility index (Phi) is 4.92. The zero-order valence-corrected chi connectivity index (χ0v) is 12.2. The standard InChI is InChI=1S/C15H15N3O4/c1-20-12-4-3-11(9-13(12)21-2)15(19)22-18-14(16)10-5-7-17-8-6-10/h3-9H,1-2H3,(H2,16,18)/p+1. The van der Waals surface area contributed by atoms with Gasteiger partial charge >= 0.3 is 5.97 Å². The molecule has 1 aromatic carbocycles. The molecule has 0 aliphatic carbocycles. The van der Waals surface area contributed by atoms with Gasteiger partial charge in [-0.1, -0.05) is 5.16 Å². The van der Waals surface area contributed by atoms with E-state index in [0.717, 1.165) is 0 Å². The van der Waals surface area contributed by atoms with Crippen molar-refractivity contribution in [2.75, 3.05) is 14.2 Å². The number of nitrogens with two attached hydrogens (primary N) is 1. The molecule has 7 nitrogen and oxygen atoms in total. The third-order valence-corrected chi connectivity index (χ3v) is 2.86. The second kappa shape index (κ2) is 7.07. The summed E-state index contributed by atoms with van der Waals surface area (Å²) in [7, 11) is 2.99. The van der Waals surface area contributed by atoms with E-state index >= 15 is 0 Å². The molecule has 0 amide bonds. The number of amidine groups is 1. The van der Waals surface area contributed by atoms with Crippen molar-refractivity contribution in [2.24, 2.45) is 10.9 Å². The molecule has 22 heavy (non-hydrogen) atoms. The smallest absolute Gasteiger partial charge is 0.365 e. The van der Waals surface area contributed by atoms with Gasteiger partial charge in [-0.2, -0.15) is 0 Å². The van der Waals surface area contributed by atoms with Crippen LogP contribution in [0.4, 0.5) is 0 Å². The number of hydrogen-bond acceptors (Lipinski definition) is 5. The van der Waals surface area contributed by atoms with Gasteiger partial charge in [0.15, 0.2) is 29.7 Å². The zero-order valence-electron chi connectivity index (χ0n) is 12.2. The molecule has 7 heteroatoms. The summed E-state index contributed by atoms with van der Waals surface area (Å²) in [6, 6.07) is 8.08. The molecule has 0 atom stereocenters. The van der Waals surface area contributed by atoms with E-state index in [0.29, 0.717) is 17.1 Å². The average molecular weight is 302 g/mol. The molecule has 0 aliphatic rings. The second-order valence-corrected chi connectivity index (χ2v) is 4.21. The summed E-state index contributed by atoms with van der Waals surface area (Å²) in [6.07, 6.45) is 3.38. The third-order valence-electron chi connectivity index (χ3n) is 2.86. The van der Waals surface area contributed by atoms with Gasteiger partial charge in [0.1, 0.15) is 0 Å². The quantitative estimate of drug-likeness (QED) is 0.384. The Bertz CT molecular complexity index is 686. The lowest BCUT2D eigenvalue weighted by Crippen LogP contribution is -2.16. The van der Waals surface area contributed by atoms with Crippen LogP contribution in [0.15, 0.2) is 47.9 Å². The zero-order chi connectivity index (χ0) is 15.9. The molecule has 0 unspecified atom stereocenters. The Balaban J connectivity index is 2.12. The van der Waals surface area contributed by atoms with Crippen LogP contribution in [0.3, 0.4) is 0 Å². The van der Waals surface area contributed by atoms with E-state index in [1.54, 1.807) is 36.7 Å². The van der Waals surface area contributed by atoms with E-state index in [4.69, 9.17) is 20.0 Å². The van der Waals surface area contributed by atoms with Gasteiger partial charge in [-0.05, 0) is 18.2 Å². The number of ether oxygens (including phenoxy) is 2. The molecule has 2 aromatic rings. The normalized spacial score (nSPS) is 10.9. The van der Waals surface area contributed by atoms with Gasteiger partial charge in [-0.15, -0.1) is 0 Å². The fourth-order valence-corrected chi connectivity index (χ4v) is 1.72. The predicted molar refractivity (Wildman–Crippen MR) is 78.7 cm³/mol. The van der Waals surface area contributed by atoms with Gasteiger partial charge in [-0.3, -0.25) is 0 Å². The van der Waals surface area contributed by atoms with Crippen molar-refractivity contribution in [3.8, 4) is 11.5 Å². The van der Waals surface area contributed by atoms with Crippen molar-refractivity contribution < 1.29 is 24.1 Å². The Morgan fingerprint density at radius 1 is 1.05 bits per heavy atom. The Labute approximate surface area is 127 Å². The first-order valence-electron chi connectivity index (χ1n) is 6.39. The molecular formula is C15H16N3O4+. The molecule has 114 valence electrons. The van der Waals surface area contributed by atoms with E-state index in [9.17, 15) is 4.79 Å². The highest BCUT2D eigenvalue weighted by atomic mass is 16.7. The summed E-state index contributed by atoms with van der Waals surface area (Å²) in [5.74, 6) is 0.393. The second-order valence-electron chi connectivity index (χ2n) is 4.21. The maximum atomic E-state index is 12.0. The number of carbonyl (C=O) groups is 1. The number of nitrogens with zero attached hydrogens (tertiary/aromatic N) is 1. The topological polar surface area (TPSA) is 97.3 Å². The molecule has 3 N–H and O–H groups in total. The summed E-state index contributed by atoms with van der Waals surface area (Å²) in [4.78, 5) is 19.7. The Morgan fingerprint density at radius 3 is 2.36 bits per heavy atom. The Morgan fingerprint density at radius 2 is 1.73 bits per heavy atom. The summed E-state index contributed by atoms with van der Waals surface area (Å²) < 4.78 is 10.2. The number of oxime groups is 1. The first-order valence-corrected chi connectivity index (χ1v) is 6.39. The minimum absolute atomic E-state index is 0.0998. The number of H-pyrrole nitrogens is 1. The number of carbonyl (C=O) groups excluding carboxylic acids is 1. The third kappa shape index (κ3) is 3.51. The maximum Gasteiger partial charge on any atom is 0.365 e. The van der Waals surface area contributed by atoms with Gasteiger partial charge in [0, 0.05) is 17.7 Å². The van der Waals surface area contributed by atoms with Crippen LogP contribution >= 0.6 is 0 Å². The SMILES string of the molecule is COc1ccc(C(=O)ON=C(N)c2cc[nH+]cc2)cc1OC. The van der Waals surface area contributed by atoms with Crippen molar-refractivity contribution in [1.82, 2.24) is 0 Å². The summed E-state index contributed by atoms with van der Waals surface area (Å²) in [5.41, 5.74) is 6.65. The minimum atomic E-state index is -0.647. The first-order chi connectivity index (χ1) is 10.7. The van der Waals surface area contributed by atoms with E-state index in [1.807, 2.05) is 0 Å². The summed E-state index contributed by atoms with van der Waals surface area (Å²) in [6.45, 7) is 0. The van der Waals surface area contributed by atoms with Gasteiger partial charge in [-0.25, -0.2) is 9.78 Å². The van der Waals surface area contributed by atoms with Crippen LogP contribution in [0.5, 0.6) is 11.5 Å². The van der Waals surface area contributed by atoms with Crippen LogP contribution in [0, 0.1) is 0 Å². The van der Waals surface area contributed by atoms with E-state index in [2.05, 4.69) is 10.1 Å². The van der Waals surface area contributed by atoms with Crippen LogP contribution in [0.25, 0.3) is 0 Å². The molecular weight excluding hydrogens is 286 g/mol. The number of pyridine rings is 1. The highest BCUT2D eigenvalue weighted by Gasteiger charge is 2.12. The molecule has 0 radical (unpaired) electrons. The lowest BCUT2D eigenvalue weighted by Gasteiger charge is -2.08. The lowest BCUT2D eigenvalue weighted by molar-refractivity contribution is -0.378. The number of benzene rings is 1. The van der Waals surface area contributed by atoms with Crippen LogP contribution in [-0.4, -0.2) is 26.0 Å². The van der Waals surface area contributed by atoms with Crippen molar-refractivity contribution in [1.29, 1.82) is 0 Å². The Hall–Kier alpha value is -3.09. The number of aromatic amines is 1. The largest absolute Gasteiger partial charge is 0.493 e. The maximum absolute atomic E-state index is 12.0. The molecule has 1 aromatic heterocycles. The molecule has 0 saturated carbocycles. The monoisotopic (exact) mass is 302 g/mol. The number of rotatable bonds is 5. The fraction of sp³-hybridized carbons (Fsp3) is 0.133. The summed E-state index contributed by atoms with van der Waals surface area (Å²) >= 11 is 0. The van der Waals surface area contributed by atoms with Crippen LogP contribution in [0.1, 0.15) is 15.9 Å². The average Bonchev–Trinajstić information content (AvgIpc) is 2.59. The van der Waals surface area contributed by atoms with E-state index in [1.165, 1.54) is 20.3 Å². The highest BCUT2D eigenvalue weighted by molar-refractivity contribution is 5.98. The minimum Gasteiger partial charge on any atom is -0.493 e. The van der Waals surface area contributed by atoms with E-state index in [-0.39, 0.29) is 11.4 Å². The molecule has 0 saturated heterocycles. The molecule has 0 spiro atoms. The van der Waals surface area contributed by atoms with Crippen molar-refractivity contribution in [3.63, 3.8) is 0 Å². The number of methoxy groups -OCH3 is 2. The molecule has 0 bridgehead atoms. The van der Waals surface area contributed by atoms with Crippen molar-refractivity contribution in [2.45, 2.75) is 0 Å². The number of nitrogens with one attached hydrogen (secondary N) is 1. The van der Waals surface area contributed by atoms with Crippen LogP contribution in [0.2, 0.25) is 0 Å². The number of hydrogen-bond donors (Lipinski definition) is 1.